The number of carbonyl (C=O) groups is 2. The van der Waals surface area contributed by atoms with Gasteiger partial charge in [0.15, 0.2) is 0 Å². The Morgan fingerprint density at radius 1 is 1.03 bits per heavy atom. The molecule has 0 aliphatic carbocycles. The van der Waals surface area contributed by atoms with Crippen molar-refractivity contribution in [2.24, 2.45) is 5.92 Å². The molecular weight excluding hydrogens is 392 g/mol. The third kappa shape index (κ3) is 5.77. The smallest absolute Gasteiger partial charge is 0.321 e. The van der Waals surface area contributed by atoms with Crippen LogP contribution in [0.25, 0.3) is 0 Å². The van der Waals surface area contributed by atoms with E-state index in [2.05, 4.69) is 16.0 Å². The molecule has 1 heterocycles. The van der Waals surface area contributed by atoms with Crippen LogP contribution >= 0.6 is 11.6 Å². The summed E-state index contributed by atoms with van der Waals surface area (Å²) < 4.78 is 5.27. The summed E-state index contributed by atoms with van der Waals surface area (Å²) in [6.07, 6.45) is 1.65. The largest absolute Gasteiger partial charge is 0.495 e. The molecule has 4 amide bonds. The molecular formula is C21H25ClN4O3. The number of hydrogen-bond donors (Lipinski definition) is 3. The van der Waals surface area contributed by atoms with E-state index in [0.717, 1.165) is 12.8 Å². The molecule has 0 spiro atoms. The molecule has 29 heavy (non-hydrogen) atoms. The molecule has 2 aromatic carbocycles. The van der Waals surface area contributed by atoms with E-state index < -0.39 is 0 Å². The van der Waals surface area contributed by atoms with Crippen molar-refractivity contribution in [3.63, 3.8) is 0 Å². The molecule has 1 saturated heterocycles. The normalized spacial score (nSPS) is 14.2. The van der Waals surface area contributed by atoms with E-state index in [1.807, 2.05) is 30.3 Å². The number of anilines is 2. The van der Waals surface area contributed by atoms with Gasteiger partial charge in [0.2, 0.25) is 0 Å². The number of carbonyl (C=O) groups excluding carboxylic acids is 2. The van der Waals surface area contributed by atoms with Crippen LogP contribution in [-0.2, 0) is 0 Å². The topological polar surface area (TPSA) is 82.7 Å². The van der Waals surface area contributed by atoms with E-state index in [1.54, 1.807) is 30.2 Å². The van der Waals surface area contributed by atoms with Gasteiger partial charge in [-0.15, -0.1) is 0 Å². The quantitative estimate of drug-likeness (QED) is 0.674. The van der Waals surface area contributed by atoms with Gasteiger partial charge in [0.05, 0.1) is 23.5 Å². The van der Waals surface area contributed by atoms with Gasteiger partial charge in [0, 0.05) is 19.6 Å². The minimum atomic E-state index is -0.283. The maximum atomic E-state index is 12.5. The molecule has 0 aromatic heterocycles. The highest BCUT2D eigenvalue weighted by molar-refractivity contribution is 6.33. The second-order valence-electron chi connectivity index (χ2n) is 6.88. The van der Waals surface area contributed by atoms with E-state index in [-0.39, 0.29) is 12.1 Å². The lowest BCUT2D eigenvalue weighted by Crippen LogP contribution is -2.43. The van der Waals surface area contributed by atoms with Crippen LogP contribution in [0.5, 0.6) is 5.75 Å². The van der Waals surface area contributed by atoms with Crippen LogP contribution in [0.4, 0.5) is 21.0 Å². The number of urea groups is 2. The molecule has 3 N–H and O–H groups in total. The fourth-order valence-electron chi connectivity index (χ4n) is 3.25. The number of amides is 4. The molecule has 1 aliphatic rings. The van der Waals surface area contributed by atoms with E-state index in [9.17, 15) is 9.59 Å². The van der Waals surface area contributed by atoms with E-state index in [1.165, 1.54) is 0 Å². The summed E-state index contributed by atoms with van der Waals surface area (Å²) in [6.45, 7) is 1.83. The Kier molecular flexibility index (Phi) is 7.19. The first-order valence-electron chi connectivity index (χ1n) is 9.55. The Bertz CT molecular complexity index is 853. The van der Waals surface area contributed by atoms with Crippen LogP contribution in [0, 0.1) is 5.92 Å². The standard InChI is InChI=1S/C21H25ClN4O3/c1-29-19-9-5-4-8-18(19)25-21(28)26-12-10-15(11-13-26)14-23-20(27)24-17-7-3-2-6-16(17)22/h2-9,15H,10-14H2,1H3,(H,25,28)(H2,23,24,27). The van der Waals surface area contributed by atoms with Crippen molar-refractivity contribution in [2.75, 3.05) is 37.4 Å². The van der Waals surface area contributed by atoms with E-state index in [4.69, 9.17) is 16.3 Å². The summed E-state index contributed by atoms with van der Waals surface area (Å²) in [4.78, 5) is 26.4. The molecule has 0 unspecified atom stereocenters. The van der Waals surface area contributed by atoms with Crippen LogP contribution < -0.4 is 20.7 Å². The number of ether oxygens (including phenoxy) is 1. The Hall–Kier alpha value is -2.93. The first-order chi connectivity index (χ1) is 14.1. The van der Waals surface area contributed by atoms with Gasteiger partial charge >= 0.3 is 12.1 Å². The zero-order valence-corrected chi connectivity index (χ0v) is 17.0. The summed E-state index contributed by atoms with van der Waals surface area (Å²) in [5, 5.41) is 9.03. The highest BCUT2D eigenvalue weighted by Crippen LogP contribution is 2.24. The fraction of sp³-hybridized carbons (Fsp3) is 0.333. The molecule has 0 bridgehead atoms. The van der Waals surface area contributed by atoms with Gasteiger partial charge in [0.1, 0.15) is 5.75 Å². The third-order valence-electron chi connectivity index (χ3n) is 4.92. The summed E-state index contributed by atoms with van der Waals surface area (Å²) in [6, 6.07) is 14.0. The Labute approximate surface area is 175 Å². The number of rotatable bonds is 5. The van der Waals surface area contributed by atoms with Gasteiger partial charge < -0.3 is 25.6 Å². The number of methoxy groups -OCH3 is 1. The average molecular weight is 417 g/mol. The molecule has 1 aliphatic heterocycles. The summed E-state index contributed by atoms with van der Waals surface area (Å²) in [5.41, 5.74) is 1.23. The minimum Gasteiger partial charge on any atom is -0.495 e. The van der Waals surface area contributed by atoms with Gasteiger partial charge in [-0.25, -0.2) is 9.59 Å². The zero-order valence-electron chi connectivity index (χ0n) is 16.3. The van der Waals surface area contributed by atoms with E-state index in [0.29, 0.717) is 47.7 Å². The van der Waals surface area contributed by atoms with Crippen molar-refractivity contribution in [3.8, 4) is 5.75 Å². The number of para-hydroxylation sites is 3. The van der Waals surface area contributed by atoms with Gasteiger partial charge in [-0.05, 0) is 43.0 Å². The van der Waals surface area contributed by atoms with E-state index >= 15 is 0 Å². The molecule has 8 heteroatoms. The Morgan fingerprint density at radius 2 is 1.69 bits per heavy atom. The van der Waals surface area contributed by atoms with Crippen molar-refractivity contribution in [2.45, 2.75) is 12.8 Å². The number of nitrogens with zero attached hydrogens (tertiary/aromatic N) is 1. The second-order valence-corrected chi connectivity index (χ2v) is 7.28. The van der Waals surface area contributed by atoms with Crippen molar-refractivity contribution < 1.29 is 14.3 Å². The van der Waals surface area contributed by atoms with Gasteiger partial charge in [-0.3, -0.25) is 0 Å². The Balaban J connectivity index is 1.41. The number of likely N-dealkylation sites (tertiary alicyclic amines) is 1. The molecule has 154 valence electrons. The first kappa shape index (κ1) is 20.8. The van der Waals surface area contributed by atoms with Crippen LogP contribution in [0.2, 0.25) is 5.02 Å². The van der Waals surface area contributed by atoms with Crippen molar-refractivity contribution >= 4 is 35.0 Å². The highest BCUT2D eigenvalue weighted by atomic mass is 35.5. The number of nitrogens with one attached hydrogen (secondary N) is 3. The van der Waals surface area contributed by atoms with Crippen LogP contribution in [0.15, 0.2) is 48.5 Å². The second kappa shape index (κ2) is 10.0. The lowest BCUT2D eigenvalue weighted by molar-refractivity contribution is 0.181. The molecule has 7 nitrogen and oxygen atoms in total. The number of hydrogen-bond acceptors (Lipinski definition) is 3. The first-order valence-corrected chi connectivity index (χ1v) is 9.93. The summed E-state index contributed by atoms with van der Waals surface area (Å²) >= 11 is 6.05. The predicted octanol–water partition coefficient (Wildman–Crippen LogP) is 4.41. The molecule has 0 radical (unpaired) electrons. The highest BCUT2D eigenvalue weighted by Gasteiger charge is 2.23. The van der Waals surface area contributed by atoms with Crippen LogP contribution in [0.3, 0.4) is 0 Å². The summed E-state index contributed by atoms with van der Waals surface area (Å²) in [5.74, 6) is 0.951. The zero-order chi connectivity index (χ0) is 20.6. The fourth-order valence-corrected chi connectivity index (χ4v) is 3.43. The molecule has 1 fully saturated rings. The average Bonchev–Trinajstić information content (AvgIpc) is 2.74. The van der Waals surface area contributed by atoms with Gasteiger partial charge in [-0.2, -0.15) is 0 Å². The van der Waals surface area contributed by atoms with Crippen molar-refractivity contribution in [3.05, 3.63) is 53.6 Å². The molecule has 0 atom stereocenters. The minimum absolute atomic E-state index is 0.141. The lowest BCUT2D eigenvalue weighted by atomic mass is 9.97. The SMILES string of the molecule is COc1ccccc1NC(=O)N1CCC(CNC(=O)Nc2ccccc2Cl)CC1. The monoisotopic (exact) mass is 416 g/mol. The maximum absolute atomic E-state index is 12.5. The Morgan fingerprint density at radius 3 is 2.38 bits per heavy atom. The number of piperidine rings is 1. The van der Waals surface area contributed by atoms with Crippen LogP contribution in [0.1, 0.15) is 12.8 Å². The molecule has 3 rings (SSSR count). The number of halogens is 1. The van der Waals surface area contributed by atoms with Gasteiger partial charge in [-0.1, -0.05) is 35.9 Å². The maximum Gasteiger partial charge on any atom is 0.321 e. The van der Waals surface area contributed by atoms with Crippen molar-refractivity contribution in [1.82, 2.24) is 10.2 Å². The molecule has 2 aromatic rings. The number of benzene rings is 2. The van der Waals surface area contributed by atoms with Crippen molar-refractivity contribution in [1.29, 1.82) is 0 Å². The third-order valence-corrected chi connectivity index (χ3v) is 5.25. The lowest BCUT2D eigenvalue weighted by Gasteiger charge is -2.32. The van der Waals surface area contributed by atoms with Gasteiger partial charge in [0.25, 0.3) is 0 Å². The van der Waals surface area contributed by atoms with Crippen LogP contribution in [-0.4, -0.2) is 43.7 Å². The summed E-state index contributed by atoms with van der Waals surface area (Å²) in [7, 11) is 1.57. The molecule has 0 saturated carbocycles. The predicted molar refractivity (Wildman–Crippen MR) is 115 cm³/mol.